The zero-order chi connectivity index (χ0) is 10.7. The normalized spacial score (nSPS) is 10.3. The van der Waals surface area contributed by atoms with Crippen molar-refractivity contribution >= 4 is 45.2 Å². The van der Waals surface area contributed by atoms with Crippen LogP contribution in [0.1, 0.15) is 17.7 Å². The van der Waals surface area contributed by atoms with E-state index < -0.39 is 6.43 Å². The summed E-state index contributed by atoms with van der Waals surface area (Å²) in [7, 11) is 0. The lowest BCUT2D eigenvalue weighted by atomic mass is 10.1. The molecule has 0 N–H and O–H groups in total. The van der Waals surface area contributed by atoms with E-state index >= 15 is 0 Å². The summed E-state index contributed by atoms with van der Waals surface area (Å²) in [4.78, 5) is 3.73. The average Bonchev–Trinajstić information content (AvgIpc) is 2.09. The van der Waals surface area contributed by atoms with Gasteiger partial charge in [0.25, 0.3) is 6.43 Å². The third-order valence-electron chi connectivity index (χ3n) is 1.53. The van der Waals surface area contributed by atoms with E-state index in [0.29, 0.717) is 12.8 Å². The molecule has 1 heterocycles. The minimum Gasteiger partial charge on any atom is -0.240 e. The predicted octanol–water partition coefficient (Wildman–Crippen LogP) is 3.29. The molecular weight excluding hydrogens is 416 g/mol. The summed E-state index contributed by atoms with van der Waals surface area (Å²) in [6.45, 7) is 0. The molecule has 1 aromatic rings. The Morgan fingerprint density at radius 1 is 1.50 bits per heavy atom. The number of rotatable bonds is 2. The first-order valence-corrected chi connectivity index (χ1v) is 5.72. The van der Waals surface area contributed by atoms with Crippen molar-refractivity contribution in [2.75, 3.05) is 0 Å². The fourth-order valence-electron chi connectivity index (χ4n) is 0.963. The Kier molecular flexibility index (Phi) is 4.43. The topological polar surface area (TPSA) is 36.7 Å². The lowest BCUT2D eigenvalue weighted by molar-refractivity contribution is 0.144. The summed E-state index contributed by atoms with van der Waals surface area (Å²) >= 11 is 3.82. The Labute approximate surface area is 107 Å². The molecule has 0 aliphatic rings. The number of nitriles is 1. The van der Waals surface area contributed by atoms with Gasteiger partial charge >= 0.3 is 0 Å². The lowest BCUT2D eigenvalue weighted by Crippen LogP contribution is -2.02. The van der Waals surface area contributed by atoms with Gasteiger partial charge in [-0.1, -0.05) is 0 Å². The molecule has 14 heavy (non-hydrogen) atoms. The fraction of sp³-hybridized carbons (Fsp3) is 0.250. The van der Waals surface area contributed by atoms with E-state index in [1.165, 1.54) is 0 Å². The second-order valence-corrected chi connectivity index (χ2v) is 4.69. The molecule has 0 atom stereocenters. The first kappa shape index (κ1) is 12.0. The maximum absolute atomic E-state index is 12.5. The van der Waals surface area contributed by atoms with Crippen LogP contribution in [0.3, 0.4) is 0 Å². The molecular formula is C8H4F2I2N2. The van der Waals surface area contributed by atoms with Gasteiger partial charge in [-0.25, -0.2) is 13.8 Å². The van der Waals surface area contributed by atoms with Crippen LogP contribution >= 0.6 is 45.2 Å². The van der Waals surface area contributed by atoms with Crippen LogP contribution in [0.15, 0.2) is 6.07 Å². The Balaban J connectivity index is 3.30. The van der Waals surface area contributed by atoms with Crippen LogP contribution in [0.5, 0.6) is 0 Å². The van der Waals surface area contributed by atoms with Crippen LogP contribution < -0.4 is 0 Å². The second kappa shape index (κ2) is 5.16. The first-order chi connectivity index (χ1) is 6.56. The number of halogens is 4. The molecule has 0 spiro atoms. The maximum Gasteiger partial charge on any atom is 0.280 e. The summed E-state index contributed by atoms with van der Waals surface area (Å²) in [5, 5.41) is 8.49. The van der Waals surface area contributed by atoms with Crippen molar-refractivity contribution in [2.45, 2.75) is 12.8 Å². The molecule has 1 aromatic heterocycles. The number of nitrogens with zero attached hydrogens (tertiary/aromatic N) is 2. The van der Waals surface area contributed by atoms with Crippen molar-refractivity contribution in [3.63, 3.8) is 0 Å². The molecule has 0 fully saturated rings. The molecule has 2 nitrogen and oxygen atoms in total. The monoisotopic (exact) mass is 420 g/mol. The minimum atomic E-state index is -2.62. The van der Waals surface area contributed by atoms with Crippen LogP contribution in [0.25, 0.3) is 0 Å². The molecule has 0 unspecified atom stereocenters. The number of pyridine rings is 1. The van der Waals surface area contributed by atoms with Gasteiger partial charge in [0.2, 0.25) is 0 Å². The van der Waals surface area contributed by atoms with Gasteiger partial charge in [-0.2, -0.15) is 5.26 Å². The highest BCUT2D eigenvalue weighted by Gasteiger charge is 2.18. The van der Waals surface area contributed by atoms with Crippen molar-refractivity contribution in [1.82, 2.24) is 4.98 Å². The quantitative estimate of drug-likeness (QED) is 0.544. The van der Waals surface area contributed by atoms with Gasteiger partial charge in [0, 0.05) is 9.13 Å². The highest BCUT2D eigenvalue weighted by molar-refractivity contribution is 14.1. The van der Waals surface area contributed by atoms with E-state index in [9.17, 15) is 8.78 Å². The van der Waals surface area contributed by atoms with Crippen molar-refractivity contribution in [3.05, 3.63) is 24.6 Å². The molecule has 0 aromatic carbocycles. The van der Waals surface area contributed by atoms with E-state index in [1.807, 2.05) is 51.3 Å². The van der Waals surface area contributed by atoms with Gasteiger partial charge in [-0.3, -0.25) is 0 Å². The molecule has 0 amide bonds. The van der Waals surface area contributed by atoms with Gasteiger partial charge in [0.1, 0.15) is 9.39 Å². The van der Waals surface area contributed by atoms with Gasteiger partial charge in [0.15, 0.2) is 0 Å². The van der Waals surface area contributed by atoms with Crippen molar-refractivity contribution in [1.29, 1.82) is 5.26 Å². The Morgan fingerprint density at radius 3 is 2.64 bits per heavy atom. The Morgan fingerprint density at radius 2 is 2.14 bits per heavy atom. The zero-order valence-corrected chi connectivity index (χ0v) is 11.1. The Bertz CT molecular complexity index is 388. The standard InChI is InChI=1S/C8H4F2I2N2/c9-8(10)7-4(1-2-13)5(11)3-6(12)14-7/h3,8H,1H2. The molecule has 74 valence electrons. The molecule has 0 aliphatic carbocycles. The van der Waals surface area contributed by atoms with Crippen molar-refractivity contribution in [2.24, 2.45) is 0 Å². The van der Waals surface area contributed by atoms with Crippen LogP contribution in [0.4, 0.5) is 8.78 Å². The predicted molar refractivity (Wildman–Crippen MR) is 63.9 cm³/mol. The number of hydrogen-bond donors (Lipinski definition) is 0. The average molecular weight is 420 g/mol. The SMILES string of the molecule is N#CCc1c(I)cc(I)nc1C(F)F. The zero-order valence-electron chi connectivity index (χ0n) is 6.77. The molecule has 6 heteroatoms. The molecule has 1 rings (SSSR count). The highest BCUT2D eigenvalue weighted by Crippen LogP contribution is 2.26. The van der Waals surface area contributed by atoms with E-state index in [-0.39, 0.29) is 12.1 Å². The summed E-state index contributed by atoms with van der Waals surface area (Å²) in [6, 6.07) is 3.54. The summed E-state index contributed by atoms with van der Waals surface area (Å²) in [6.07, 6.45) is -2.65. The molecule has 0 aliphatic heterocycles. The molecule has 0 radical (unpaired) electrons. The van der Waals surface area contributed by atoms with Crippen molar-refractivity contribution < 1.29 is 8.78 Å². The van der Waals surface area contributed by atoms with E-state index in [2.05, 4.69) is 4.98 Å². The van der Waals surface area contributed by atoms with Crippen LogP contribution in [-0.2, 0) is 6.42 Å². The Hall–Kier alpha value is -0.0400. The van der Waals surface area contributed by atoms with Crippen LogP contribution in [0.2, 0.25) is 0 Å². The van der Waals surface area contributed by atoms with E-state index in [4.69, 9.17) is 5.26 Å². The van der Waals surface area contributed by atoms with Gasteiger partial charge in [0.05, 0.1) is 12.5 Å². The first-order valence-electron chi connectivity index (χ1n) is 3.56. The maximum atomic E-state index is 12.5. The number of alkyl halides is 2. The second-order valence-electron chi connectivity index (χ2n) is 2.43. The summed E-state index contributed by atoms with van der Waals surface area (Å²) in [5.41, 5.74) is 0.0615. The minimum absolute atomic E-state index is 0.0259. The van der Waals surface area contributed by atoms with E-state index in [1.54, 1.807) is 6.07 Å². The van der Waals surface area contributed by atoms with Crippen LogP contribution in [-0.4, -0.2) is 4.98 Å². The molecule has 0 saturated heterocycles. The third kappa shape index (κ3) is 2.73. The fourth-order valence-corrected chi connectivity index (χ4v) is 2.89. The van der Waals surface area contributed by atoms with Gasteiger partial charge in [-0.05, 0) is 51.2 Å². The van der Waals surface area contributed by atoms with Crippen LogP contribution in [0, 0.1) is 18.6 Å². The third-order valence-corrected chi connectivity index (χ3v) is 3.05. The summed E-state index contributed by atoms with van der Waals surface area (Å²) < 4.78 is 26.2. The van der Waals surface area contributed by atoms with E-state index in [0.717, 1.165) is 0 Å². The smallest absolute Gasteiger partial charge is 0.240 e. The van der Waals surface area contributed by atoms with Gasteiger partial charge < -0.3 is 0 Å². The number of hydrogen-bond acceptors (Lipinski definition) is 2. The largest absolute Gasteiger partial charge is 0.280 e. The summed E-state index contributed by atoms with van der Waals surface area (Å²) in [5.74, 6) is 0. The highest BCUT2D eigenvalue weighted by atomic mass is 127. The number of aromatic nitrogens is 1. The molecule has 0 saturated carbocycles. The van der Waals surface area contributed by atoms with Crippen molar-refractivity contribution in [3.8, 4) is 6.07 Å². The lowest BCUT2D eigenvalue weighted by Gasteiger charge is -2.07. The van der Waals surface area contributed by atoms with Gasteiger partial charge in [-0.15, -0.1) is 0 Å². The molecule has 0 bridgehead atoms.